The van der Waals surface area contributed by atoms with Gasteiger partial charge in [-0.15, -0.1) is 0 Å². The van der Waals surface area contributed by atoms with Gasteiger partial charge in [-0.05, 0) is 13.8 Å². The average molecular weight is 240 g/mol. The quantitative estimate of drug-likeness (QED) is 0.741. The van der Waals surface area contributed by atoms with E-state index in [-0.39, 0.29) is 18.0 Å². The fourth-order valence-corrected chi connectivity index (χ4v) is 2.74. The lowest BCUT2D eigenvalue weighted by molar-refractivity contribution is -0.00522. The van der Waals surface area contributed by atoms with Gasteiger partial charge < -0.3 is 9.64 Å². The van der Waals surface area contributed by atoms with Crippen LogP contribution in [-0.2, 0) is 4.74 Å². The Labute approximate surface area is 99.2 Å². The fourth-order valence-electron chi connectivity index (χ4n) is 1.91. The van der Waals surface area contributed by atoms with Crippen LogP contribution in [0.25, 0.3) is 0 Å². The number of anilines is 1. The highest BCUT2D eigenvalue weighted by Crippen LogP contribution is 2.25. The van der Waals surface area contributed by atoms with Crippen LogP contribution >= 0.6 is 11.3 Å². The first-order valence-corrected chi connectivity index (χ1v) is 6.25. The lowest BCUT2D eigenvalue weighted by Crippen LogP contribution is -2.45. The summed E-state index contributed by atoms with van der Waals surface area (Å²) in [5.41, 5.74) is 0. The summed E-state index contributed by atoms with van der Waals surface area (Å²) < 4.78 is 5.66. The van der Waals surface area contributed by atoms with Crippen LogP contribution in [0.1, 0.15) is 30.4 Å². The Balaban J connectivity index is 2.13. The molecular weight excluding hydrogens is 224 g/mol. The molecule has 2 rings (SSSR count). The molecule has 2 heterocycles. The van der Waals surface area contributed by atoms with E-state index in [1.54, 1.807) is 13.1 Å². The van der Waals surface area contributed by atoms with Crippen LogP contribution in [0.4, 0.5) is 5.13 Å². The summed E-state index contributed by atoms with van der Waals surface area (Å²) in [5, 5.41) is 0.923. The van der Waals surface area contributed by atoms with E-state index >= 15 is 0 Å². The van der Waals surface area contributed by atoms with Crippen molar-refractivity contribution in [3.63, 3.8) is 0 Å². The fraction of sp³-hybridized carbons (Fsp3) is 0.636. The molecule has 0 amide bonds. The number of ether oxygens (including phenoxy) is 1. The Morgan fingerprint density at radius 2 is 2.12 bits per heavy atom. The van der Waals surface area contributed by atoms with Gasteiger partial charge in [-0.1, -0.05) is 11.3 Å². The number of thiazole rings is 1. The molecule has 0 aliphatic carbocycles. The minimum atomic E-state index is 0.0816. The van der Waals surface area contributed by atoms with Gasteiger partial charge in [0, 0.05) is 20.0 Å². The summed E-state index contributed by atoms with van der Waals surface area (Å²) in [5.74, 6) is 0.0816. The van der Waals surface area contributed by atoms with Crippen molar-refractivity contribution in [1.29, 1.82) is 0 Å². The molecular formula is C11H16N2O2S. The number of carbonyl (C=O) groups excluding carboxylic acids is 1. The molecule has 5 heteroatoms. The van der Waals surface area contributed by atoms with Crippen molar-refractivity contribution in [2.45, 2.75) is 33.0 Å². The van der Waals surface area contributed by atoms with E-state index in [9.17, 15) is 4.79 Å². The second-order valence-corrected chi connectivity index (χ2v) is 5.23. The Morgan fingerprint density at radius 1 is 1.50 bits per heavy atom. The van der Waals surface area contributed by atoms with Crippen LogP contribution in [0.3, 0.4) is 0 Å². The molecule has 0 radical (unpaired) electrons. The number of rotatable bonds is 2. The second kappa shape index (κ2) is 4.51. The van der Waals surface area contributed by atoms with E-state index in [2.05, 4.69) is 23.7 Å². The number of nitrogens with zero attached hydrogens (tertiary/aromatic N) is 2. The maximum Gasteiger partial charge on any atom is 0.186 e. The molecule has 88 valence electrons. The van der Waals surface area contributed by atoms with E-state index in [4.69, 9.17) is 4.74 Å². The molecule has 16 heavy (non-hydrogen) atoms. The standard InChI is InChI=1S/C11H16N2O2S/c1-7-5-13(6-8(2)15-7)11-12-4-10(16-11)9(3)14/h4,7-8H,5-6H2,1-3H3/t7-,8+. The Morgan fingerprint density at radius 3 is 2.62 bits per heavy atom. The molecule has 0 saturated carbocycles. The van der Waals surface area contributed by atoms with E-state index in [1.165, 1.54) is 11.3 Å². The van der Waals surface area contributed by atoms with Crippen LogP contribution in [0, 0.1) is 0 Å². The Hall–Kier alpha value is -0.940. The van der Waals surface area contributed by atoms with Crippen LogP contribution in [0.15, 0.2) is 6.20 Å². The average Bonchev–Trinajstić information content (AvgIpc) is 2.64. The largest absolute Gasteiger partial charge is 0.372 e. The van der Waals surface area contributed by atoms with E-state index in [0.29, 0.717) is 0 Å². The maximum absolute atomic E-state index is 11.2. The molecule has 2 atom stereocenters. The first-order valence-electron chi connectivity index (χ1n) is 5.43. The zero-order valence-corrected chi connectivity index (χ0v) is 10.6. The minimum Gasteiger partial charge on any atom is -0.372 e. The van der Waals surface area contributed by atoms with Crippen LogP contribution < -0.4 is 4.90 Å². The SMILES string of the molecule is CC(=O)c1cnc(N2C[C@@H](C)O[C@@H](C)C2)s1. The van der Waals surface area contributed by atoms with E-state index in [0.717, 1.165) is 23.1 Å². The van der Waals surface area contributed by atoms with Gasteiger partial charge in [0.05, 0.1) is 23.3 Å². The maximum atomic E-state index is 11.2. The van der Waals surface area contributed by atoms with Crippen LogP contribution in [0.2, 0.25) is 0 Å². The highest BCUT2D eigenvalue weighted by atomic mass is 32.1. The van der Waals surface area contributed by atoms with Crippen molar-refractivity contribution < 1.29 is 9.53 Å². The molecule has 1 aliphatic rings. The van der Waals surface area contributed by atoms with Crippen molar-refractivity contribution in [2.24, 2.45) is 0 Å². The predicted octanol–water partition coefficient (Wildman–Crippen LogP) is 1.96. The summed E-state index contributed by atoms with van der Waals surface area (Å²) >= 11 is 1.46. The van der Waals surface area contributed by atoms with Gasteiger partial charge in [-0.2, -0.15) is 0 Å². The number of ketones is 1. The molecule has 0 unspecified atom stereocenters. The number of morpholine rings is 1. The van der Waals surface area contributed by atoms with Crippen LogP contribution in [-0.4, -0.2) is 36.1 Å². The van der Waals surface area contributed by atoms with Crippen molar-refractivity contribution in [2.75, 3.05) is 18.0 Å². The molecule has 0 N–H and O–H groups in total. The summed E-state index contributed by atoms with van der Waals surface area (Å²) in [6.07, 6.45) is 2.09. The van der Waals surface area contributed by atoms with Gasteiger partial charge in [0.1, 0.15) is 0 Å². The normalized spacial score (nSPS) is 25.8. The molecule has 0 spiro atoms. The van der Waals surface area contributed by atoms with Gasteiger partial charge in [0.15, 0.2) is 10.9 Å². The van der Waals surface area contributed by atoms with Crippen molar-refractivity contribution in [3.8, 4) is 0 Å². The molecule has 1 aromatic heterocycles. The third kappa shape index (κ3) is 2.41. The number of hydrogen-bond donors (Lipinski definition) is 0. The van der Waals surface area contributed by atoms with Crippen molar-refractivity contribution >= 4 is 22.3 Å². The van der Waals surface area contributed by atoms with Gasteiger partial charge in [0.25, 0.3) is 0 Å². The molecule has 0 bridgehead atoms. The molecule has 4 nitrogen and oxygen atoms in total. The zero-order chi connectivity index (χ0) is 11.7. The molecule has 1 aromatic rings. The molecule has 1 fully saturated rings. The van der Waals surface area contributed by atoms with Gasteiger partial charge in [-0.3, -0.25) is 4.79 Å². The Kier molecular flexibility index (Phi) is 3.25. The summed E-state index contributed by atoms with van der Waals surface area (Å²) in [4.78, 5) is 18.4. The third-order valence-corrected chi connectivity index (χ3v) is 3.69. The zero-order valence-electron chi connectivity index (χ0n) is 9.77. The first-order chi connectivity index (χ1) is 7.56. The molecule has 1 aliphatic heterocycles. The Bertz CT molecular complexity index is 381. The highest BCUT2D eigenvalue weighted by molar-refractivity contribution is 7.17. The van der Waals surface area contributed by atoms with E-state index < -0.39 is 0 Å². The minimum absolute atomic E-state index is 0.0816. The van der Waals surface area contributed by atoms with Crippen molar-refractivity contribution in [1.82, 2.24) is 4.98 Å². The predicted molar refractivity (Wildman–Crippen MR) is 64.3 cm³/mol. The summed E-state index contributed by atoms with van der Waals surface area (Å²) in [6.45, 7) is 7.37. The van der Waals surface area contributed by atoms with Crippen molar-refractivity contribution in [3.05, 3.63) is 11.1 Å². The van der Waals surface area contributed by atoms with E-state index in [1.807, 2.05) is 0 Å². The summed E-state index contributed by atoms with van der Waals surface area (Å²) in [7, 11) is 0. The smallest absolute Gasteiger partial charge is 0.186 e. The number of carbonyl (C=O) groups is 1. The number of hydrogen-bond acceptors (Lipinski definition) is 5. The lowest BCUT2D eigenvalue weighted by atomic mass is 10.2. The lowest BCUT2D eigenvalue weighted by Gasteiger charge is -2.35. The first kappa shape index (κ1) is 11.5. The topological polar surface area (TPSA) is 42.4 Å². The number of Topliss-reactive ketones (excluding diaryl/α,β-unsaturated/α-hetero) is 1. The second-order valence-electron chi connectivity index (χ2n) is 4.23. The summed E-state index contributed by atoms with van der Waals surface area (Å²) in [6, 6.07) is 0. The van der Waals surface area contributed by atoms with Gasteiger partial charge >= 0.3 is 0 Å². The third-order valence-electron chi connectivity index (χ3n) is 2.53. The van der Waals surface area contributed by atoms with Crippen LogP contribution in [0.5, 0.6) is 0 Å². The van der Waals surface area contributed by atoms with Gasteiger partial charge in [0.2, 0.25) is 0 Å². The van der Waals surface area contributed by atoms with Gasteiger partial charge in [-0.25, -0.2) is 4.98 Å². The number of aromatic nitrogens is 1. The molecule has 1 saturated heterocycles. The monoisotopic (exact) mass is 240 g/mol. The highest BCUT2D eigenvalue weighted by Gasteiger charge is 2.24. The molecule has 0 aromatic carbocycles.